The molecule has 1 saturated heterocycles. The highest BCUT2D eigenvalue weighted by atomic mass is 16.5. The second kappa shape index (κ2) is 10.5. The number of carbonyl (C=O) groups excluding carboxylic acids is 1. The largest absolute Gasteiger partial charge is 0.492 e. The maximum Gasteiger partial charge on any atom is 0.317 e. The Morgan fingerprint density at radius 1 is 1.07 bits per heavy atom. The molecule has 29 heavy (non-hydrogen) atoms. The number of benzene rings is 1. The van der Waals surface area contributed by atoms with Gasteiger partial charge in [-0.15, -0.1) is 0 Å². The Bertz CT molecular complexity index is 774. The van der Waals surface area contributed by atoms with Crippen LogP contribution in [-0.4, -0.2) is 55.3 Å². The maximum absolute atomic E-state index is 12.5. The van der Waals surface area contributed by atoms with Crippen molar-refractivity contribution in [1.29, 1.82) is 0 Å². The van der Waals surface area contributed by atoms with Crippen LogP contribution in [0.2, 0.25) is 0 Å². The third kappa shape index (κ3) is 5.76. The van der Waals surface area contributed by atoms with Crippen molar-refractivity contribution in [2.45, 2.75) is 26.8 Å². The van der Waals surface area contributed by atoms with E-state index in [4.69, 9.17) is 9.47 Å². The molecule has 3 rings (SSSR count). The Hall–Kier alpha value is -2.96. The molecule has 1 aromatic carbocycles. The summed E-state index contributed by atoms with van der Waals surface area (Å²) in [5.74, 6) is 1.51. The zero-order chi connectivity index (χ0) is 20.5. The molecular weight excluding hydrogens is 368 g/mol. The molecule has 0 saturated carbocycles. The molecule has 0 atom stereocenters. The van der Waals surface area contributed by atoms with Gasteiger partial charge >= 0.3 is 6.03 Å². The van der Waals surface area contributed by atoms with E-state index in [9.17, 15) is 4.79 Å². The highest BCUT2D eigenvalue weighted by molar-refractivity contribution is 5.74. The van der Waals surface area contributed by atoms with Crippen LogP contribution < -0.4 is 19.7 Å². The van der Waals surface area contributed by atoms with Crippen LogP contribution in [-0.2, 0) is 6.54 Å². The number of anilines is 1. The summed E-state index contributed by atoms with van der Waals surface area (Å²) in [4.78, 5) is 20.9. The van der Waals surface area contributed by atoms with Gasteiger partial charge in [0.15, 0.2) is 0 Å². The molecule has 1 N–H and O–H groups in total. The van der Waals surface area contributed by atoms with Crippen LogP contribution in [0.1, 0.15) is 25.8 Å². The first-order chi connectivity index (χ1) is 14.2. The number of nitrogens with zero attached hydrogens (tertiary/aromatic N) is 3. The minimum Gasteiger partial charge on any atom is -0.492 e. The molecular formula is C22H30N4O3. The zero-order valence-corrected chi connectivity index (χ0v) is 17.3. The van der Waals surface area contributed by atoms with Gasteiger partial charge in [0.25, 0.3) is 0 Å². The second-order valence-corrected chi connectivity index (χ2v) is 6.89. The molecule has 1 aromatic heterocycles. The summed E-state index contributed by atoms with van der Waals surface area (Å²) in [7, 11) is 0. The van der Waals surface area contributed by atoms with E-state index in [0.29, 0.717) is 38.7 Å². The van der Waals surface area contributed by atoms with Gasteiger partial charge in [0.2, 0.25) is 5.88 Å². The van der Waals surface area contributed by atoms with Crippen molar-refractivity contribution in [3.63, 3.8) is 0 Å². The molecule has 0 radical (unpaired) electrons. The predicted octanol–water partition coefficient (Wildman–Crippen LogP) is 3.30. The topological polar surface area (TPSA) is 66.9 Å². The van der Waals surface area contributed by atoms with E-state index in [1.807, 2.05) is 42.2 Å². The summed E-state index contributed by atoms with van der Waals surface area (Å²) in [6, 6.07) is 11.8. The highest BCUT2D eigenvalue weighted by Crippen LogP contribution is 2.28. The number of para-hydroxylation sites is 2. The van der Waals surface area contributed by atoms with Crippen molar-refractivity contribution in [2.24, 2.45) is 0 Å². The molecule has 2 heterocycles. The van der Waals surface area contributed by atoms with Gasteiger partial charge in [0, 0.05) is 45.0 Å². The lowest BCUT2D eigenvalue weighted by Gasteiger charge is -2.36. The van der Waals surface area contributed by atoms with Crippen molar-refractivity contribution in [3.8, 4) is 11.6 Å². The highest BCUT2D eigenvalue weighted by Gasteiger charge is 2.22. The van der Waals surface area contributed by atoms with E-state index in [-0.39, 0.29) is 6.03 Å². The second-order valence-electron chi connectivity index (χ2n) is 6.89. The summed E-state index contributed by atoms with van der Waals surface area (Å²) in [5.41, 5.74) is 2.04. The molecule has 0 spiro atoms. The first kappa shape index (κ1) is 20.8. The standard InChI is InChI=1S/C22H30N4O3/c1-3-15-29-21-10-9-18(16-23-21)17-24-22(27)26-13-11-25(12-14-26)19-7-5-6-8-20(19)28-4-2/h5-10,16H,3-4,11-15,17H2,1-2H3,(H,24,27). The van der Waals surface area contributed by atoms with Crippen LogP contribution >= 0.6 is 0 Å². The maximum atomic E-state index is 12.5. The number of amides is 2. The first-order valence-corrected chi connectivity index (χ1v) is 10.3. The number of aromatic nitrogens is 1. The minimum atomic E-state index is -0.0472. The number of pyridine rings is 1. The van der Waals surface area contributed by atoms with E-state index in [2.05, 4.69) is 28.2 Å². The number of hydrogen-bond donors (Lipinski definition) is 1. The van der Waals surface area contributed by atoms with E-state index in [1.54, 1.807) is 6.20 Å². The molecule has 1 aliphatic rings. The van der Waals surface area contributed by atoms with Gasteiger partial charge in [0.1, 0.15) is 5.75 Å². The fraction of sp³-hybridized carbons (Fsp3) is 0.455. The number of piperazine rings is 1. The van der Waals surface area contributed by atoms with Crippen LogP contribution in [0.4, 0.5) is 10.5 Å². The van der Waals surface area contributed by atoms with E-state index in [1.165, 1.54) is 0 Å². The van der Waals surface area contributed by atoms with Crippen LogP contribution in [0.5, 0.6) is 11.6 Å². The zero-order valence-electron chi connectivity index (χ0n) is 17.3. The quantitative estimate of drug-likeness (QED) is 0.739. The summed E-state index contributed by atoms with van der Waals surface area (Å²) in [6.07, 6.45) is 2.69. The van der Waals surface area contributed by atoms with Crippen molar-refractivity contribution in [3.05, 3.63) is 48.2 Å². The number of nitrogens with one attached hydrogen (secondary N) is 1. The Morgan fingerprint density at radius 3 is 2.55 bits per heavy atom. The number of ether oxygens (including phenoxy) is 2. The van der Waals surface area contributed by atoms with Crippen LogP contribution in [0.25, 0.3) is 0 Å². The summed E-state index contributed by atoms with van der Waals surface area (Å²) in [6.45, 7) is 8.70. The van der Waals surface area contributed by atoms with Crippen molar-refractivity contribution in [1.82, 2.24) is 15.2 Å². The first-order valence-electron chi connectivity index (χ1n) is 10.3. The molecule has 2 aromatic rings. The number of carbonyl (C=O) groups is 1. The SMILES string of the molecule is CCCOc1ccc(CNC(=O)N2CCN(c3ccccc3OCC)CC2)cn1. The Morgan fingerprint density at radius 2 is 1.86 bits per heavy atom. The summed E-state index contributed by atoms with van der Waals surface area (Å²) in [5, 5.41) is 2.98. The molecule has 1 fully saturated rings. The van der Waals surface area contributed by atoms with E-state index >= 15 is 0 Å². The van der Waals surface area contributed by atoms with Crippen LogP contribution in [0, 0.1) is 0 Å². The summed E-state index contributed by atoms with van der Waals surface area (Å²) < 4.78 is 11.2. The average Bonchev–Trinajstić information content (AvgIpc) is 2.77. The Kier molecular flexibility index (Phi) is 7.55. The van der Waals surface area contributed by atoms with Gasteiger partial charge in [-0.05, 0) is 31.0 Å². The lowest BCUT2D eigenvalue weighted by atomic mass is 10.2. The third-order valence-corrected chi connectivity index (χ3v) is 4.77. The predicted molar refractivity (Wildman–Crippen MR) is 114 cm³/mol. The van der Waals surface area contributed by atoms with Gasteiger partial charge in [-0.1, -0.05) is 25.1 Å². The molecule has 7 heteroatoms. The third-order valence-electron chi connectivity index (χ3n) is 4.77. The van der Waals surface area contributed by atoms with Crippen LogP contribution in [0.15, 0.2) is 42.6 Å². The molecule has 2 amide bonds. The number of hydrogen-bond acceptors (Lipinski definition) is 5. The normalized spacial score (nSPS) is 13.9. The monoisotopic (exact) mass is 398 g/mol. The number of urea groups is 1. The average molecular weight is 399 g/mol. The smallest absolute Gasteiger partial charge is 0.317 e. The fourth-order valence-corrected chi connectivity index (χ4v) is 3.24. The van der Waals surface area contributed by atoms with Crippen molar-refractivity contribution < 1.29 is 14.3 Å². The van der Waals surface area contributed by atoms with E-state index in [0.717, 1.165) is 36.5 Å². The van der Waals surface area contributed by atoms with Gasteiger partial charge < -0.3 is 24.6 Å². The minimum absolute atomic E-state index is 0.0472. The van der Waals surface area contributed by atoms with Gasteiger partial charge in [-0.25, -0.2) is 9.78 Å². The number of rotatable bonds is 8. The van der Waals surface area contributed by atoms with Crippen molar-refractivity contribution >= 4 is 11.7 Å². The molecule has 0 bridgehead atoms. The van der Waals surface area contributed by atoms with Crippen molar-refractivity contribution in [2.75, 3.05) is 44.3 Å². The molecule has 1 aliphatic heterocycles. The van der Waals surface area contributed by atoms with Gasteiger partial charge in [-0.2, -0.15) is 0 Å². The van der Waals surface area contributed by atoms with Gasteiger partial charge in [0.05, 0.1) is 18.9 Å². The molecule has 0 aliphatic carbocycles. The van der Waals surface area contributed by atoms with E-state index < -0.39 is 0 Å². The van der Waals surface area contributed by atoms with Gasteiger partial charge in [-0.3, -0.25) is 0 Å². The molecule has 0 unspecified atom stereocenters. The summed E-state index contributed by atoms with van der Waals surface area (Å²) >= 11 is 0. The lowest BCUT2D eigenvalue weighted by molar-refractivity contribution is 0.194. The molecule has 156 valence electrons. The molecule has 7 nitrogen and oxygen atoms in total. The Labute approximate surface area is 172 Å². The fourth-order valence-electron chi connectivity index (χ4n) is 3.24. The lowest BCUT2D eigenvalue weighted by Crippen LogP contribution is -2.51. The van der Waals surface area contributed by atoms with Crippen LogP contribution in [0.3, 0.4) is 0 Å². The Balaban J connectivity index is 1.46.